The van der Waals surface area contributed by atoms with Crippen LogP contribution in [0.3, 0.4) is 0 Å². The number of alkyl halides is 3. The number of likely N-dealkylation sites (N-methyl/N-ethyl adjacent to an activating group) is 1. The van der Waals surface area contributed by atoms with Crippen molar-refractivity contribution in [2.75, 3.05) is 57.4 Å². The van der Waals surface area contributed by atoms with Crippen LogP contribution in [0.15, 0.2) is 36.4 Å². The Bertz CT molecular complexity index is 1600. The van der Waals surface area contributed by atoms with Crippen molar-refractivity contribution in [2.45, 2.75) is 82.0 Å². The highest BCUT2D eigenvalue weighted by molar-refractivity contribution is 6.33. The molecule has 1 spiro atoms. The number of nitrogens with one attached hydrogen (secondary N) is 1. The minimum absolute atomic E-state index is 0.0637. The number of rotatable bonds is 5. The number of para-hydroxylation sites is 1. The summed E-state index contributed by atoms with van der Waals surface area (Å²) in [7, 11) is 2.13. The first-order valence-electron chi connectivity index (χ1n) is 17.1. The Labute approximate surface area is 294 Å². The first kappa shape index (κ1) is 36.1. The molecule has 0 saturated carbocycles. The molecule has 3 saturated heterocycles. The van der Waals surface area contributed by atoms with E-state index in [2.05, 4.69) is 36.0 Å². The van der Waals surface area contributed by atoms with Crippen LogP contribution in [0.5, 0.6) is 0 Å². The molecule has 6 rings (SSSR count). The lowest BCUT2D eigenvalue weighted by Gasteiger charge is -2.47. The Morgan fingerprint density at radius 3 is 2.34 bits per heavy atom. The number of nitrogens with zero attached hydrogens (tertiary/aromatic N) is 4. The van der Waals surface area contributed by atoms with Gasteiger partial charge in [0.2, 0.25) is 0 Å². The van der Waals surface area contributed by atoms with E-state index in [1.807, 2.05) is 18.2 Å². The van der Waals surface area contributed by atoms with Gasteiger partial charge in [0.25, 0.3) is 5.91 Å². The number of amides is 3. The van der Waals surface area contributed by atoms with Crippen LogP contribution in [0.25, 0.3) is 0 Å². The first-order valence-corrected chi connectivity index (χ1v) is 17.5. The number of carbonyl (C=O) groups is 3. The molecule has 0 aliphatic carbocycles. The molecule has 0 radical (unpaired) electrons. The van der Waals surface area contributed by atoms with Gasteiger partial charge < -0.3 is 25.0 Å². The zero-order valence-electron chi connectivity index (χ0n) is 28.5. The van der Waals surface area contributed by atoms with Crippen LogP contribution in [0.2, 0.25) is 5.02 Å². The molecular weight excluding hydrogens is 677 g/mol. The van der Waals surface area contributed by atoms with E-state index in [0.29, 0.717) is 49.7 Å². The number of fused-ring (bicyclic) bond motifs is 2. The molecule has 272 valence electrons. The zero-order valence-corrected chi connectivity index (χ0v) is 29.2. The van der Waals surface area contributed by atoms with Gasteiger partial charge in [-0.15, -0.1) is 0 Å². The highest BCUT2D eigenvalue weighted by atomic mass is 35.5. The van der Waals surface area contributed by atoms with Crippen molar-refractivity contribution in [1.29, 1.82) is 0 Å². The van der Waals surface area contributed by atoms with Gasteiger partial charge in [-0.05, 0) is 57.5 Å². The van der Waals surface area contributed by atoms with E-state index in [-0.39, 0.29) is 30.1 Å². The summed E-state index contributed by atoms with van der Waals surface area (Å²) in [5.41, 5.74) is 4.52. The summed E-state index contributed by atoms with van der Waals surface area (Å²) >= 11 is 6.12. The Morgan fingerprint density at radius 1 is 1.06 bits per heavy atom. The lowest BCUT2D eigenvalue weighted by Crippen LogP contribution is -2.59. The summed E-state index contributed by atoms with van der Waals surface area (Å²) < 4.78 is 53.1. The van der Waals surface area contributed by atoms with Crippen molar-refractivity contribution in [3.05, 3.63) is 58.1 Å². The second kappa shape index (κ2) is 14.1. The Morgan fingerprint density at radius 2 is 1.70 bits per heavy atom. The topological polar surface area (TPSA) is 121 Å². The van der Waals surface area contributed by atoms with Crippen LogP contribution in [-0.2, 0) is 32.5 Å². The maximum Gasteiger partial charge on any atom is 0.418 e. The predicted molar refractivity (Wildman–Crippen MR) is 182 cm³/mol. The number of carbonyl (C=O) groups excluding carboxylic acids is 3. The molecule has 4 aliphatic heterocycles. The average Bonchev–Trinajstić information content (AvgIpc) is 3.07. The number of halogens is 4. The fourth-order valence-electron chi connectivity index (χ4n) is 7.79. The molecule has 2 aromatic carbocycles. The number of hydrogen-bond acceptors (Lipinski definition) is 8. The summed E-state index contributed by atoms with van der Waals surface area (Å²) in [5, 5.41) is 2.40. The molecule has 0 bridgehead atoms. The second-order valence-electron chi connectivity index (χ2n) is 14.0. The van der Waals surface area contributed by atoms with Gasteiger partial charge in [0.1, 0.15) is 5.60 Å². The summed E-state index contributed by atoms with van der Waals surface area (Å²) in [4.78, 5) is 48.0. The molecule has 2 aromatic rings. The number of benzene rings is 2. The number of ether oxygens (including phenoxy) is 2. The number of hydrogen-bond donors (Lipinski definition) is 2. The van der Waals surface area contributed by atoms with Crippen molar-refractivity contribution in [3.63, 3.8) is 0 Å². The summed E-state index contributed by atoms with van der Waals surface area (Å²) in [6.07, 6.45) is -5.82. The van der Waals surface area contributed by atoms with Crippen LogP contribution in [0.4, 0.5) is 34.1 Å². The van der Waals surface area contributed by atoms with Gasteiger partial charge in [-0.3, -0.25) is 19.9 Å². The van der Waals surface area contributed by atoms with E-state index in [9.17, 15) is 27.6 Å². The number of likely N-dealkylation sites (tertiary alicyclic amines) is 2. The fourth-order valence-corrected chi connectivity index (χ4v) is 8.04. The molecule has 3 N–H and O–H groups in total. The third kappa shape index (κ3) is 7.33. The number of nitrogen functional groups attached to an aromatic ring is 1. The van der Waals surface area contributed by atoms with Crippen molar-refractivity contribution in [2.24, 2.45) is 0 Å². The van der Waals surface area contributed by atoms with Gasteiger partial charge in [0, 0.05) is 82.2 Å². The summed E-state index contributed by atoms with van der Waals surface area (Å²) in [6, 6.07) is 10.5. The number of anilines is 2. The quantitative estimate of drug-likeness (QED) is 0.386. The number of piperazine rings is 1. The van der Waals surface area contributed by atoms with Crippen molar-refractivity contribution < 1.29 is 37.0 Å². The summed E-state index contributed by atoms with van der Waals surface area (Å²) in [6.45, 7) is 7.44. The molecule has 4 heterocycles. The average molecular weight is 721 g/mol. The smallest absolute Gasteiger partial charge is 0.418 e. The third-order valence-corrected chi connectivity index (χ3v) is 11.2. The van der Waals surface area contributed by atoms with Crippen LogP contribution in [0.1, 0.15) is 56.2 Å². The molecule has 0 unspecified atom stereocenters. The minimum atomic E-state index is -4.78. The van der Waals surface area contributed by atoms with E-state index in [4.69, 9.17) is 26.8 Å². The zero-order chi connectivity index (χ0) is 36.0. The molecule has 11 nitrogen and oxygen atoms in total. The molecular formula is C35H44ClF3N6O5. The normalized spacial score (nSPS) is 23.9. The standard InChI is InChI=1S/C35H44ClF3N6O5/c1-21-19-45(20-22(2)42(21)3)24-8-12-43(13-9-24)31(46)29(18-23-16-26(35(37,38)39)30(40)27(36)17-23)49-33(48)44-14-10-34(11-15-44)25-6-4-5-7-28(25)41-32(47)50-34/h4-7,16-17,21-22,24,29H,8-15,18-20,40H2,1-3H3,(H,41,47)/t21-,22+,29-/m1/s1. The minimum Gasteiger partial charge on any atom is -0.438 e. The van der Waals surface area contributed by atoms with Gasteiger partial charge in [0.15, 0.2) is 6.10 Å². The maximum absolute atomic E-state index is 14.1. The van der Waals surface area contributed by atoms with Crippen LogP contribution < -0.4 is 11.1 Å². The van der Waals surface area contributed by atoms with E-state index in [0.717, 1.165) is 37.6 Å². The molecule has 3 atom stereocenters. The molecule has 0 aromatic heterocycles. The highest BCUT2D eigenvalue weighted by Crippen LogP contribution is 2.43. The number of piperidine rings is 2. The lowest BCUT2D eigenvalue weighted by atomic mass is 9.82. The van der Waals surface area contributed by atoms with E-state index >= 15 is 0 Å². The SMILES string of the molecule is C[C@@H]1CN(C2CCN(C(=O)[C@@H](Cc3cc(Cl)c(N)c(C(F)(F)F)c3)OC(=O)N3CCC4(CC3)OC(=O)Nc3ccccc34)CC2)C[C@H](C)N1C. The molecule has 3 fully saturated rings. The van der Waals surface area contributed by atoms with Crippen LogP contribution in [-0.4, -0.2) is 108 Å². The third-order valence-electron chi connectivity index (χ3n) is 10.9. The second-order valence-corrected chi connectivity index (χ2v) is 14.4. The van der Waals surface area contributed by atoms with Crippen molar-refractivity contribution >= 4 is 41.1 Å². The van der Waals surface area contributed by atoms with Crippen molar-refractivity contribution in [1.82, 2.24) is 19.6 Å². The monoisotopic (exact) mass is 720 g/mol. The van der Waals surface area contributed by atoms with E-state index < -0.39 is 47.2 Å². The van der Waals surface area contributed by atoms with Gasteiger partial charge in [-0.2, -0.15) is 13.2 Å². The van der Waals surface area contributed by atoms with Gasteiger partial charge >= 0.3 is 18.4 Å². The van der Waals surface area contributed by atoms with E-state index in [1.165, 1.54) is 11.0 Å². The molecule has 4 aliphatic rings. The Balaban J connectivity index is 1.17. The predicted octanol–water partition coefficient (Wildman–Crippen LogP) is 5.56. The molecule has 15 heteroatoms. The highest BCUT2D eigenvalue weighted by Gasteiger charge is 2.46. The van der Waals surface area contributed by atoms with Crippen molar-refractivity contribution in [3.8, 4) is 0 Å². The maximum atomic E-state index is 14.1. The largest absolute Gasteiger partial charge is 0.438 e. The lowest BCUT2D eigenvalue weighted by molar-refractivity contribution is -0.143. The molecule has 3 amide bonds. The first-order chi connectivity index (χ1) is 23.6. The molecule has 50 heavy (non-hydrogen) atoms. The summed E-state index contributed by atoms with van der Waals surface area (Å²) in [5.74, 6) is -0.479. The van der Waals surface area contributed by atoms with Gasteiger partial charge in [-0.25, -0.2) is 9.59 Å². The number of nitrogens with two attached hydrogens (primary N) is 1. The Hall–Kier alpha value is -3.75. The van der Waals surface area contributed by atoms with Gasteiger partial charge in [0.05, 0.1) is 22.0 Å². The fraction of sp³-hybridized carbons (Fsp3) is 0.571. The van der Waals surface area contributed by atoms with Crippen LogP contribution >= 0.6 is 11.6 Å². The Kier molecular flexibility index (Phi) is 10.2. The van der Waals surface area contributed by atoms with E-state index in [1.54, 1.807) is 11.0 Å². The van der Waals surface area contributed by atoms with Gasteiger partial charge in [-0.1, -0.05) is 29.8 Å². The van der Waals surface area contributed by atoms with Crippen LogP contribution in [0, 0.1) is 0 Å².